The third kappa shape index (κ3) is 1.66. The number of fused-ring (bicyclic) bond motifs is 1. The van der Waals surface area contributed by atoms with Gasteiger partial charge < -0.3 is 0 Å². The molecule has 1 aliphatic carbocycles. The third-order valence-electron chi connectivity index (χ3n) is 2.96. The van der Waals surface area contributed by atoms with Crippen molar-refractivity contribution in [3.63, 3.8) is 0 Å². The average molecular weight is 227 g/mol. The van der Waals surface area contributed by atoms with E-state index in [-0.39, 0.29) is 0 Å². The quantitative estimate of drug-likeness (QED) is 0.675. The van der Waals surface area contributed by atoms with Crippen LogP contribution < -0.4 is 0 Å². The van der Waals surface area contributed by atoms with Gasteiger partial charge in [-0.05, 0) is 40.8 Å². The van der Waals surface area contributed by atoms with Crippen LogP contribution in [0.25, 0.3) is 11.6 Å². The minimum Gasteiger partial charge on any atom is -0.0843 e. The Morgan fingerprint density at radius 3 is 2.56 bits per heavy atom. The fourth-order valence-electron chi connectivity index (χ4n) is 2.15. The van der Waals surface area contributed by atoms with Crippen molar-refractivity contribution in [3.8, 4) is 0 Å². The summed E-state index contributed by atoms with van der Waals surface area (Å²) in [7, 11) is 0. The summed E-state index contributed by atoms with van der Waals surface area (Å²) in [4.78, 5) is 0. The van der Waals surface area contributed by atoms with E-state index in [9.17, 15) is 0 Å². The Morgan fingerprint density at radius 2 is 1.75 bits per heavy atom. The van der Waals surface area contributed by atoms with Gasteiger partial charge in [-0.1, -0.05) is 54.1 Å². The smallest absolute Gasteiger partial charge is 0.0409 e. The Bertz CT molecular complexity index is 553. The van der Waals surface area contributed by atoms with Gasteiger partial charge in [0.15, 0.2) is 0 Å². The highest BCUT2D eigenvalue weighted by Gasteiger charge is 2.13. The van der Waals surface area contributed by atoms with Crippen LogP contribution in [0, 0.1) is 0 Å². The van der Waals surface area contributed by atoms with Crippen molar-refractivity contribution in [1.82, 2.24) is 0 Å². The van der Waals surface area contributed by atoms with Crippen molar-refractivity contribution in [2.75, 3.05) is 0 Å². The van der Waals surface area contributed by atoms with E-state index in [0.29, 0.717) is 0 Å². The molecule has 0 atom stereocenters. The molecule has 0 saturated carbocycles. The van der Waals surface area contributed by atoms with Gasteiger partial charge in [-0.2, -0.15) is 0 Å². The van der Waals surface area contributed by atoms with Gasteiger partial charge in [-0.15, -0.1) is 0 Å². The molecule has 2 aromatic carbocycles. The number of allylic oxidation sites excluding steroid dienone is 1. The standard InChI is InChI=1S/C15H11Cl/c16-15-7-6-12-8-13(9-14(12)10-15)11-4-2-1-3-5-11/h1-8,10H,9H2. The van der Waals surface area contributed by atoms with Crippen LogP contribution in [-0.4, -0.2) is 0 Å². The van der Waals surface area contributed by atoms with Crippen molar-refractivity contribution in [2.45, 2.75) is 6.42 Å². The zero-order valence-corrected chi connectivity index (χ0v) is 9.54. The van der Waals surface area contributed by atoms with Crippen LogP contribution in [0.4, 0.5) is 0 Å². The molecule has 3 rings (SSSR count). The third-order valence-corrected chi connectivity index (χ3v) is 3.20. The maximum Gasteiger partial charge on any atom is 0.0409 e. The van der Waals surface area contributed by atoms with Crippen LogP contribution >= 0.6 is 11.6 Å². The van der Waals surface area contributed by atoms with Crippen LogP contribution in [0.3, 0.4) is 0 Å². The largest absolute Gasteiger partial charge is 0.0843 e. The van der Waals surface area contributed by atoms with Crippen LogP contribution in [0.1, 0.15) is 16.7 Å². The van der Waals surface area contributed by atoms with Gasteiger partial charge in [0.05, 0.1) is 0 Å². The van der Waals surface area contributed by atoms with E-state index in [1.54, 1.807) is 0 Å². The lowest BCUT2D eigenvalue weighted by molar-refractivity contribution is 1.32. The predicted octanol–water partition coefficient (Wildman–Crippen LogP) is 4.44. The van der Waals surface area contributed by atoms with Gasteiger partial charge in [-0.3, -0.25) is 0 Å². The summed E-state index contributed by atoms with van der Waals surface area (Å²) in [5.74, 6) is 0. The van der Waals surface area contributed by atoms with Gasteiger partial charge >= 0.3 is 0 Å². The van der Waals surface area contributed by atoms with Crippen LogP contribution in [0.2, 0.25) is 5.02 Å². The molecule has 0 aromatic heterocycles. The minimum absolute atomic E-state index is 0.821. The molecule has 0 spiro atoms. The Morgan fingerprint density at radius 1 is 0.938 bits per heavy atom. The molecule has 0 saturated heterocycles. The fraction of sp³-hybridized carbons (Fsp3) is 0.0667. The minimum atomic E-state index is 0.821. The fourth-order valence-corrected chi connectivity index (χ4v) is 2.34. The molecule has 0 radical (unpaired) electrons. The van der Waals surface area contributed by atoms with Crippen molar-refractivity contribution in [3.05, 3.63) is 70.2 Å². The second-order valence-electron chi connectivity index (χ2n) is 4.06. The summed E-state index contributed by atoms with van der Waals surface area (Å²) >= 11 is 5.99. The SMILES string of the molecule is Clc1ccc2c(c1)CC(c1ccccc1)=C2. The average Bonchev–Trinajstić information content (AvgIpc) is 2.73. The Kier molecular flexibility index (Phi) is 2.30. The monoisotopic (exact) mass is 226 g/mol. The highest BCUT2D eigenvalue weighted by molar-refractivity contribution is 6.30. The van der Waals surface area contributed by atoms with Crippen molar-refractivity contribution < 1.29 is 0 Å². The Labute approximate surface area is 100 Å². The van der Waals surface area contributed by atoms with E-state index >= 15 is 0 Å². The first kappa shape index (κ1) is 9.68. The number of benzene rings is 2. The summed E-state index contributed by atoms with van der Waals surface area (Å²) in [5, 5.41) is 0.821. The normalized spacial score (nSPS) is 13.4. The summed E-state index contributed by atoms with van der Waals surface area (Å²) < 4.78 is 0. The molecule has 0 aliphatic heterocycles. The molecule has 78 valence electrons. The molecule has 0 heterocycles. The van der Waals surface area contributed by atoms with Crippen LogP contribution in [-0.2, 0) is 6.42 Å². The second kappa shape index (κ2) is 3.80. The van der Waals surface area contributed by atoms with Gasteiger partial charge in [0, 0.05) is 5.02 Å². The maximum atomic E-state index is 5.99. The zero-order valence-electron chi connectivity index (χ0n) is 8.78. The molecule has 0 fully saturated rings. The molecule has 16 heavy (non-hydrogen) atoms. The Balaban J connectivity index is 2.00. The van der Waals surface area contributed by atoms with Crippen molar-refractivity contribution >= 4 is 23.3 Å². The lowest BCUT2D eigenvalue weighted by atomic mass is 10.0. The number of rotatable bonds is 1. The van der Waals surface area contributed by atoms with E-state index in [0.717, 1.165) is 11.4 Å². The van der Waals surface area contributed by atoms with Gasteiger partial charge in [0.2, 0.25) is 0 Å². The highest BCUT2D eigenvalue weighted by atomic mass is 35.5. The first-order valence-electron chi connectivity index (χ1n) is 5.37. The molecule has 0 nitrogen and oxygen atoms in total. The van der Waals surface area contributed by atoms with E-state index in [2.05, 4.69) is 42.5 Å². The topological polar surface area (TPSA) is 0 Å². The first-order valence-corrected chi connectivity index (χ1v) is 5.75. The molecule has 1 heteroatoms. The molecular formula is C15H11Cl. The van der Waals surface area contributed by atoms with Gasteiger partial charge in [0.1, 0.15) is 0 Å². The number of hydrogen-bond acceptors (Lipinski definition) is 0. The summed E-state index contributed by atoms with van der Waals surface area (Å²) in [6, 6.07) is 16.6. The van der Waals surface area contributed by atoms with E-state index in [4.69, 9.17) is 11.6 Å². The van der Waals surface area contributed by atoms with Crippen molar-refractivity contribution in [1.29, 1.82) is 0 Å². The second-order valence-corrected chi connectivity index (χ2v) is 4.49. The molecule has 1 aliphatic rings. The number of hydrogen-bond donors (Lipinski definition) is 0. The predicted molar refractivity (Wildman–Crippen MR) is 69.5 cm³/mol. The highest BCUT2D eigenvalue weighted by Crippen LogP contribution is 2.32. The summed E-state index contributed by atoms with van der Waals surface area (Å²) in [6.07, 6.45) is 3.24. The molecular weight excluding hydrogens is 216 g/mol. The van der Waals surface area contributed by atoms with Crippen LogP contribution in [0.15, 0.2) is 48.5 Å². The van der Waals surface area contributed by atoms with E-state index in [1.807, 2.05) is 12.1 Å². The summed E-state index contributed by atoms with van der Waals surface area (Å²) in [5.41, 5.74) is 5.29. The Hall–Kier alpha value is -1.53. The van der Waals surface area contributed by atoms with E-state index in [1.165, 1.54) is 22.3 Å². The molecule has 0 bridgehead atoms. The zero-order chi connectivity index (χ0) is 11.0. The molecule has 0 amide bonds. The lowest BCUT2D eigenvalue weighted by Gasteiger charge is -2.01. The van der Waals surface area contributed by atoms with Crippen molar-refractivity contribution in [2.24, 2.45) is 0 Å². The van der Waals surface area contributed by atoms with Crippen LogP contribution in [0.5, 0.6) is 0 Å². The maximum absolute atomic E-state index is 5.99. The first-order chi connectivity index (χ1) is 7.83. The molecule has 0 unspecified atom stereocenters. The van der Waals surface area contributed by atoms with E-state index < -0.39 is 0 Å². The lowest BCUT2D eigenvalue weighted by Crippen LogP contribution is -1.84. The number of halogens is 1. The van der Waals surface area contributed by atoms with Gasteiger partial charge in [-0.25, -0.2) is 0 Å². The summed E-state index contributed by atoms with van der Waals surface area (Å²) in [6.45, 7) is 0. The molecule has 0 N–H and O–H groups in total. The van der Waals surface area contributed by atoms with Gasteiger partial charge in [0.25, 0.3) is 0 Å². The molecule has 2 aromatic rings.